The van der Waals surface area contributed by atoms with E-state index in [1.54, 1.807) is 34.7 Å². The standard InChI is InChI=1S/C19H23ClN2O6S/c1-7-29(25,26)18-10(2)8-13(16(20)11(18)3)17(24)15-12(4)21-22(5)19(15)28-9-14(23)27-6/h8H,7,9H2,1-6H3. The van der Waals surface area contributed by atoms with E-state index in [0.29, 0.717) is 16.8 Å². The van der Waals surface area contributed by atoms with Crippen molar-refractivity contribution in [2.24, 2.45) is 7.05 Å². The minimum absolute atomic E-state index is 0.0507. The molecule has 0 N–H and O–H groups in total. The number of methoxy groups -OCH3 is 1. The van der Waals surface area contributed by atoms with Gasteiger partial charge in [0.1, 0.15) is 5.56 Å². The van der Waals surface area contributed by atoms with Crippen LogP contribution in [0.2, 0.25) is 5.02 Å². The van der Waals surface area contributed by atoms with Gasteiger partial charge in [-0.2, -0.15) is 5.10 Å². The van der Waals surface area contributed by atoms with Crippen LogP contribution in [0.4, 0.5) is 0 Å². The van der Waals surface area contributed by atoms with E-state index in [0.717, 1.165) is 0 Å². The van der Waals surface area contributed by atoms with Gasteiger partial charge >= 0.3 is 5.97 Å². The van der Waals surface area contributed by atoms with Crippen molar-refractivity contribution < 1.29 is 27.5 Å². The molecule has 8 nitrogen and oxygen atoms in total. The third kappa shape index (κ3) is 4.30. The first kappa shape index (κ1) is 22.9. The van der Waals surface area contributed by atoms with Crippen LogP contribution in [0.15, 0.2) is 11.0 Å². The fourth-order valence-corrected chi connectivity index (χ4v) is 4.81. The number of hydrogen-bond donors (Lipinski definition) is 0. The Balaban J connectivity index is 2.61. The summed E-state index contributed by atoms with van der Waals surface area (Å²) >= 11 is 6.41. The van der Waals surface area contributed by atoms with Crippen molar-refractivity contribution in [1.29, 1.82) is 0 Å². The number of aryl methyl sites for hydroxylation is 3. The summed E-state index contributed by atoms with van der Waals surface area (Å²) < 4.78 is 36.2. The summed E-state index contributed by atoms with van der Waals surface area (Å²) in [5.41, 5.74) is 1.40. The van der Waals surface area contributed by atoms with Gasteiger partial charge in [0.05, 0.1) is 28.5 Å². The van der Waals surface area contributed by atoms with Crippen molar-refractivity contribution in [3.05, 3.63) is 39.0 Å². The Morgan fingerprint density at radius 3 is 2.41 bits per heavy atom. The Bertz CT molecular complexity index is 1090. The normalized spacial score (nSPS) is 11.4. The molecule has 1 aromatic heterocycles. The highest BCUT2D eigenvalue weighted by molar-refractivity contribution is 7.91. The second-order valence-electron chi connectivity index (χ2n) is 6.50. The molecule has 0 atom stereocenters. The average Bonchev–Trinajstić information content (AvgIpc) is 2.94. The topological polar surface area (TPSA) is 105 Å². The number of ketones is 1. The first-order valence-electron chi connectivity index (χ1n) is 8.76. The lowest BCUT2D eigenvalue weighted by molar-refractivity contribution is -0.143. The van der Waals surface area contributed by atoms with E-state index in [1.165, 1.54) is 17.9 Å². The van der Waals surface area contributed by atoms with E-state index in [1.807, 2.05) is 0 Å². The van der Waals surface area contributed by atoms with Crippen LogP contribution >= 0.6 is 11.6 Å². The van der Waals surface area contributed by atoms with Crippen LogP contribution < -0.4 is 4.74 Å². The van der Waals surface area contributed by atoms with Gasteiger partial charge in [-0.1, -0.05) is 18.5 Å². The quantitative estimate of drug-likeness (QED) is 0.479. The number of esters is 1. The highest BCUT2D eigenvalue weighted by atomic mass is 35.5. The van der Waals surface area contributed by atoms with Crippen molar-refractivity contribution in [1.82, 2.24) is 9.78 Å². The predicted molar refractivity (Wildman–Crippen MR) is 108 cm³/mol. The number of ether oxygens (including phenoxy) is 2. The molecule has 0 saturated carbocycles. The van der Waals surface area contributed by atoms with E-state index in [9.17, 15) is 18.0 Å². The van der Waals surface area contributed by atoms with Gasteiger partial charge in [0.25, 0.3) is 0 Å². The van der Waals surface area contributed by atoms with E-state index < -0.39 is 28.2 Å². The molecule has 0 saturated heterocycles. The number of carbonyl (C=O) groups excluding carboxylic acids is 2. The van der Waals surface area contributed by atoms with Crippen molar-refractivity contribution in [2.45, 2.75) is 32.6 Å². The number of hydrogen-bond acceptors (Lipinski definition) is 7. The Hall–Kier alpha value is -2.39. The van der Waals surface area contributed by atoms with Gasteiger partial charge in [-0.05, 0) is 38.0 Å². The summed E-state index contributed by atoms with van der Waals surface area (Å²) in [6, 6.07) is 1.46. The summed E-state index contributed by atoms with van der Waals surface area (Å²) in [4.78, 5) is 24.8. The fraction of sp³-hybridized carbons (Fsp3) is 0.421. The summed E-state index contributed by atoms with van der Waals surface area (Å²) in [7, 11) is -0.710. The maximum absolute atomic E-state index is 13.3. The molecule has 0 aliphatic rings. The molecule has 1 aromatic carbocycles. The monoisotopic (exact) mass is 442 g/mol. The highest BCUT2D eigenvalue weighted by Crippen LogP contribution is 2.34. The van der Waals surface area contributed by atoms with Crippen LogP contribution in [0, 0.1) is 20.8 Å². The Morgan fingerprint density at radius 1 is 1.24 bits per heavy atom. The SMILES string of the molecule is CCS(=O)(=O)c1c(C)cc(C(=O)c2c(C)nn(C)c2OCC(=O)OC)c(Cl)c1C. The van der Waals surface area contributed by atoms with Gasteiger partial charge in [-0.3, -0.25) is 4.79 Å². The minimum atomic E-state index is -3.51. The lowest BCUT2D eigenvalue weighted by atomic mass is 9.99. The number of rotatable bonds is 7. The van der Waals surface area contributed by atoms with Crippen LogP contribution in [0.5, 0.6) is 5.88 Å². The van der Waals surface area contributed by atoms with Gasteiger partial charge in [0.2, 0.25) is 11.7 Å². The fourth-order valence-electron chi connectivity index (χ4n) is 3.12. The third-order valence-electron chi connectivity index (χ3n) is 4.51. The maximum atomic E-state index is 13.3. The van der Waals surface area contributed by atoms with Crippen LogP contribution in [-0.4, -0.2) is 49.4 Å². The van der Waals surface area contributed by atoms with Crippen molar-refractivity contribution >= 4 is 33.2 Å². The summed E-state index contributed by atoms with van der Waals surface area (Å²) in [6.07, 6.45) is 0. The van der Waals surface area contributed by atoms with E-state index in [2.05, 4.69) is 9.84 Å². The number of aromatic nitrogens is 2. The Morgan fingerprint density at radius 2 is 1.86 bits per heavy atom. The Labute approximate surface area is 174 Å². The lowest BCUT2D eigenvalue weighted by Gasteiger charge is -2.15. The van der Waals surface area contributed by atoms with Gasteiger partial charge in [0, 0.05) is 12.6 Å². The zero-order valence-electron chi connectivity index (χ0n) is 17.1. The number of nitrogens with zero attached hydrogens (tertiary/aromatic N) is 2. The molecule has 0 aliphatic carbocycles. The van der Waals surface area contributed by atoms with Gasteiger partial charge < -0.3 is 9.47 Å². The van der Waals surface area contributed by atoms with Gasteiger partial charge in [-0.25, -0.2) is 17.9 Å². The third-order valence-corrected chi connectivity index (χ3v) is 7.01. The molecule has 2 rings (SSSR count). The molecule has 2 aromatic rings. The van der Waals surface area contributed by atoms with Crippen LogP contribution in [0.1, 0.15) is 39.7 Å². The van der Waals surface area contributed by atoms with Crippen molar-refractivity contribution in [3.8, 4) is 5.88 Å². The highest BCUT2D eigenvalue weighted by Gasteiger charge is 2.29. The summed E-state index contributed by atoms with van der Waals surface area (Å²) in [6.45, 7) is 5.97. The molecule has 0 unspecified atom stereocenters. The number of sulfone groups is 1. The second-order valence-corrected chi connectivity index (χ2v) is 9.09. The average molecular weight is 443 g/mol. The zero-order valence-corrected chi connectivity index (χ0v) is 18.7. The molecule has 10 heteroatoms. The van der Waals surface area contributed by atoms with Gasteiger partial charge in [0.15, 0.2) is 16.4 Å². The molecule has 1 heterocycles. The molecular weight excluding hydrogens is 420 g/mol. The molecule has 29 heavy (non-hydrogen) atoms. The first-order chi connectivity index (χ1) is 13.5. The van der Waals surface area contributed by atoms with Crippen molar-refractivity contribution in [2.75, 3.05) is 19.5 Å². The van der Waals surface area contributed by atoms with E-state index in [-0.39, 0.29) is 32.7 Å². The predicted octanol–water partition coefficient (Wildman–Crippen LogP) is 2.58. The number of carbonyl (C=O) groups is 2. The zero-order chi connectivity index (χ0) is 22.1. The summed E-state index contributed by atoms with van der Waals surface area (Å²) in [5, 5.41) is 4.24. The molecule has 0 bridgehead atoms. The molecule has 0 amide bonds. The van der Waals surface area contributed by atoms with Crippen LogP contribution in [-0.2, 0) is 26.4 Å². The molecule has 0 spiro atoms. The second kappa shape index (κ2) is 8.54. The minimum Gasteiger partial charge on any atom is -0.466 e. The van der Waals surface area contributed by atoms with E-state index in [4.69, 9.17) is 16.3 Å². The smallest absolute Gasteiger partial charge is 0.343 e. The van der Waals surface area contributed by atoms with E-state index >= 15 is 0 Å². The van der Waals surface area contributed by atoms with Crippen molar-refractivity contribution in [3.63, 3.8) is 0 Å². The van der Waals surface area contributed by atoms with Crippen LogP contribution in [0.3, 0.4) is 0 Å². The van der Waals surface area contributed by atoms with Gasteiger partial charge in [-0.15, -0.1) is 0 Å². The molecule has 0 aliphatic heterocycles. The number of halogens is 1. The lowest BCUT2D eigenvalue weighted by Crippen LogP contribution is -2.16. The largest absolute Gasteiger partial charge is 0.466 e. The summed E-state index contributed by atoms with van der Waals surface area (Å²) in [5.74, 6) is -1.08. The first-order valence-corrected chi connectivity index (χ1v) is 10.8. The molecule has 0 radical (unpaired) electrons. The van der Waals surface area contributed by atoms with Crippen LogP contribution in [0.25, 0.3) is 0 Å². The number of benzene rings is 1. The molecular formula is C19H23ClN2O6S. The molecule has 158 valence electrons. The molecule has 0 fully saturated rings. The maximum Gasteiger partial charge on any atom is 0.343 e. The Kier molecular flexibility index (Phi) is 6.74.